The van der Waals surface area contributed by atoms with Gasteiger partial charge in [0.25, 0.3) is 0 Å². The van der Waals surface area contributed by atoms with E-state index in [1.807, 2.05) is 0 Å². The first kappa shape index (κ1) is 13.5. The standard InChI is InChI=1S/C15H24N4O2/c20-13-4-2-1-3-12(13)18-7-9-19(10-8-18)15-17-16-14(21-15)11-5-6-11/h11-13,20H,1-10H2/t12-,13-/m0/s1. The first-order chi connectivity index (χ1) is 10.3. The summed E-state index contributed by atoms with van der Waals surface area (Å²) >= 11 is 0. The van der Waals surface area contributed by atoms with E-state index in [9.17, 15) is 5.11 Å². The van der Waals surface area contributed by atoms with Crippen LogP contribution in [-0.4, -0.2) is 58.5 Å². The van der Waals surface area contributed by atoms with Gasteiger partial charge in [0.2, 0.25) is 5.89 Å². The second kappa shape index (κ2) is 5.57. The molecule has 0 aromatic carbocycles. The van der Waals surface area contributed by atoms with Crippen LogP contribution in [0.4, 0.5) is 6.01 Å². The molecule has 2 atom stereocenters. The molecular weight excluding hydrogens is 268 g/mol. The smallest absolute Gasteiger partial charge is 0.318 e. The number of anilines is 1. The molecule has 116 valence electrons. The van der Waals surface area contributed by atoms with E-state index in [-0.39, 0.29) is 6.10 Å². The molecule has 21 heavy (non-hydrogen) atoms. The molecule has 0 unspecified atom stereocenters. The number of nitrogens with zero attached hydrogens (tertiary/aromatic N) is 4. The van der Waals surface area contributed by atoms with E-state index in [0.717, 1.165) is 44.9 Å². The molecule has 1 aromatic rings. The Hall–Kier alpha value is -1.14. The topological polar surface area (TPSA) is 65.6 Å². The van der Waals surface area contributed by atoms with Gasteiger partial charge in [-0.2, -0.15) is 0 Å². The third kappa shape index (κ3) is 2.79. The average molecular weight is 292 g/mol. The normalized spacial score (nSPS) is 31.6. The van der Waals surface area contributed by atoms with Crippen LogP contribution >= 0.6 is 0 Å². The fourth-order valence-corrected chi connectivity index (χ4v) is 3.61. The van der Waals surface area contributed by atoms with Gasteiger partial charge >= 0.3 is 6.01 Å². The quantitative estimate of drug-likeness (QED) is 0.908. The van der Waals surface area contributed by atoms with Crippen LogP contribution in [0.2, 0.25) is 0 Å². The molecule has 1 aliphatic heterocycles. The number of hydrogen-bond acceptors (Lipinski definition) is 6. The Morgan fingerprint density at radius 3 is 2.43 bits per heavy atom. The van der Waals surface area contributed by atoms with Crippen LogP contribution in [0.3, 0.4) is 0 Å². The zero-order valence-electron chi connectivity index (χ0n) is 12.4. The van der Waals surface area contributed by atoms with Gasteiger partial charge in [0.1, 0.15) is 0 Å². The molecule has 3 fully saturated rings. The second-order valence-electron chi connectivity index (χ2n) is 6.64. The number of piperazine rings is 1. The highest BCUT2D eigenvalue weighted by molar-refractivity contribution is 5.26. The summed E-state index contributed by atoms with van der Waals surface area (Å²) in [6.45, 7) is 3.77. The van der Waals surface area contributed by atoms with Crippen molar-refractivity contribution in [3.63, 3.8) is 0 Å². The van der Waals surface area contributed by atoms with Gasteiger partial charge < -0.3 is 14.4 Å². The Bertz CT molecular complexity index is 480. The molecule has 2 heterocycles. The average Bonchev–Trinajstić information content (AvgIpc) is 3.26. The van der Waals surface area contributed by atoms with Crippen molar-refractivity contribution < 1.29 is 9.52 Å². The molecule has 1 saturated heterocycles. The maximum absolute atomic E-state index is 10.2. The summed E-state index contributed by atoms with van der Waals surface area (Å²) in [6, 6.07) is 1.03. The molecule has 0 spiro atoms. The minimum Gasteiger partial charge on any atom is -0.408 e. The van der Waals surface area contributed by atoms with E-state index in [1.165, 1.54) is 25.7 Å². The van der Waals surface area contributed by atoms with Crippen molar-refractivity contribution >= 4 is 6.01 Å². The molecule has 2 saturated carbocycles. The number of rotatable bonds is 3. The van der Waals surface area contributed by atoms with Crippen LogP contribution < -0.4 is 4.90 Å². The van der Waals surface area contributed by atoms with Gasteiger partial charge in [-0.15, -0.1) is 5.10 Å². The summed E-state index contributed by atoms with van der Waals surface area (Å²) in [6.07, 6.45) is 6.74. The second-order valence-corrected chi connectivity index (χ2v) is 6.64. The lowest BCUT2D eigenvalue weighted by Crippen LogP contribution is -2.54. The van der Waals surface area contributed by atoms with Gasteiger partial charge in [0.15, 0.2) is 0 Å². The highest BCUT2D eigenvalue weighted by atomic mass is 16.4. The van der Waals surface area contributed by atoms with E-state index in [2.05, 4.69) is 20.0 Å². The molecule has 0 radical (unpaired) electrons. The van der Waals surface area contributed by atoms with Crippen molar-refractivity contribution in [1.82, 2.24) is 15.1 Å². The molecular formula is C15H24N4O2. The van der Waals surface area contributed by atoms with Crippen LogP contribution in [0.15, 0.2) is 4.42 Å². The maximum Gasteiger partial charge on any atom is 0.318 e. The Morgan fingerprint density at radius 1 is 0.952 bits per heavy atom. The summed E-state index contributed by atoms with van der Waals surface area (Å²) in [4.78, 5) is 4.63. The summed E-state index contributed by atoms with van der Waals surface area (Å²) in [7, 11) is 0. The monoisotopic (exact) mass is 292 g/mol. The van der Waals surface area contributed by atoms with Crippen LogP contribution in [0.1, 0.15) is 50.3 Å². The van der Waals surface area contributed by atoms with Crippen molar-refractivity contribution in [2.45, 2.75) is 56.6 Å². The van der Waals surface area contributed by atoms with E-state index in [1.54, 1.807) is 0 Å². The number of hydrogen-bond donors (Lipinski definition) is 1. The van der Waals surface area contributed by atoms with Crippen LogP contribution in [0, 0.1) is 0 Å². The van der Waals surface area contributed by atoms with Crippen molar-refractivity contribution in [3.05, 3.63) is 5.89 Å². The lowest BCUT2D eigenvalue weighted by Gasteiger charge is -2.42. The van der Waals surface area contributed by atoms with E-state index >= 15 is 0 Å². The van der Waals surface area contributed by atoms with Gasteiger partial charge in [-0.1, -0.05) is 17.9 Å². The maximum atomic E-state index is 10.2. The van der Waals surface area contributed by atoms with Crippen molar-refractivity contribution in [2.24, 2.45) is 0 Å². The highest BCUT2D eigenvalue weighted by Crippen LogP contribution is 2.39. The van der Waals surface area contributed by atoms with E-state index < -0.39 is 0 Å². The molecule has 6 heteroatoms. The highest BCUT2D eigenvalue weighted by Gasteiger charge is 2.33. The molecule has 4 rings (SSSR count). The fourth-order valence-electron chi connectivity index (χ4n) is 3.61. The summed E-state index contributed by atoms with van der Waals surface area (Å²) < 4.78 is 5.78. The molecule has 1 aromatic heterocycles. The van der Waals surface area contributed by atoms with E-state index in [0.29, 0.717) is 18.0 Å². The molecule has 1 N–H and O–H groups in total. The Morgan fingerprint density at radius 2 is 1.71 bits per heavy atom. The molecule has 3 aliphatic rings. The Balaban J connectivity index is 1.35. The summed E-state index contributed by atoms with van der Waals surface area (Å²) in [5, 5.41) is 18.5. The zero-order chi connectivity index (χ0) is 14.2. The van der Waals surface area contributed by atoms with Gasteiger partial charge in [0, 0.05) is 38.1 Å². The predicted octanol–water partition coefficient (Wildman–Crippen LogP) is 1.37. The SMILES string of the molecule is O[C@H]1CCCC[C@@H]1N1CCN(c2nnc(C3CC3)o2)CC1. The summed E-state index contributed by atoms with van der Waals surface area (Å²) in [5.74, 6) is 1.33. The zero-order valence-corrected chi connectivity index (χ0v) is 12.4. The number of aliphatic hydroxyl groups is 1. The van der Waals surface area contributed by atoms with Gasteiger partial charge in [-0.3, -0.25) is 4.90 Å². The Kier molecular flexibility index (Phi) is 3.59. The number of aliphatic hydroxyl groups excluding tert-OH is 1. The molecule has 6 nitrogen and oxygen atoms in total. The summed E-state index contributed by atoms with van der Waals surface area (Å²) in [5.41, 5.74) is 0. The third-order valence-corrected chi connectivity index (χ3v) is 5.10. The minimum absolute atomic E-state index is 0.143. The lowest BCUT2D eigenvalue weighted by molar-refractivity contribution is 0.0169. The van der Waals surface area contributed by atoms with Crippen LogP contribution in [-0.2, 0) is 0 Å². The Labute approximate surface area is 125 Å². The molecule has 2 aliphatic carbocycles. The lowest BCUT2D eigenvalue weighted by atomic mass is 9.91. The van der Waals surface area contributed by atoms with Gasteiger partial charge in [-0.25, -0.2) is 0 Å². The van der Waals surface area contributed by atoms with E-state index in [4.69, 9.17) is 4.42 Å². The molecule has 0 bridgehead atoms. The van der Waals surface area contributed by atoms with Crippen molar-refractivity contribution in [2.75, 3.05) is 31.1 Å². The van der Waals surface area contributed by atoms with Crippen LogP contribution in [0.25, 0.3) is 0 Å². The predicted molar refractivity (Wildman–Crippen MR) is 78.3 cm³/mol. The minimum atomic E-state index is -0.143. The fraction of sp³-hybridized carbons (Fsp3) is 0.867. The first-order valence-corrected chi connectivity index (χ1v) is 8.32. The first-order valence-electron chi connectivity index (χ1n) is 8.32. The van der Waals surface area contributed by atoms with Gasteiger partial charge in [-0.05, 0) is 25.7 Å². The van der Waals surface area contributed by atoms with Crippen molar-refractivity contribution in [1.29, 1.82) is 0 Å². The largest absolute Gasteiger partial charge is 0.408 e. The van der Waals surface area contributed by atoms with Gasteiger partial charge in [0.05, 0.1) is 6.10 Å². The number of aromatic nitrogens is 2. The van der Waals surface area contributed by atoms with Crippen molar-refractivity contribution in [3.8, 4) is 0 Å². The van der Waals surface area contributed by atoms with Crippen LogP contribution in [0.5, 0.6) is 0 Å². The molecule has 0 amide bonds. The third-order valence-electron chi connectivity index (χ3n) is 5.10.